The van der Waals surface area contributed by atoms with Crippen molar-refractivity contribution in [2.24, 2.45) is 0 Å². The Balaban J connectivity index is 2.45. The van der Waals surface area contributed by atoms with Gasteiger partial charge in [-0.1, -0.05) is 0 Å². The second-order valence-electron chi connectivity index (χ2n) is 3.90. The van der Waals surface area contributed by atoms with E-state index in [1.54, 1.807) is 6.92 Å². The number of carbonyl (C=O) groups excluding carboxylic acids is 1. The van der Waals surface area contributed by atoms with E-state index in [0.29, 0.717) is 16.3 Å². The van der Waals surface area contributed by atoms with Gasteiger partial charge in [-0.25, -0.2) is 8.78 Å². The molecule has 0 atom stereocenters. The van der Waals surface area contributed by atoms with Crippen molar-refractivity contribution in [2.75, 3.05) is 5.32 Å². The lowest BCUT2D eigenvalue weighted by Crippen LogP contribution is -2.01. The topological polar surface area (TPSA) is 42.0 Å². The largest absolute Gasteiger partial charge is 0.342 e. The number of halogens is 3. The number of aryl methyl sites for hydroxylation is 1. The standard InChI is InChI=1S/C12H9BrF2N2OS/c1-5-10(6(2)18)12(19-17-5)16-11-8(13)3-7(14)4-9(11)15/h3-4,16H,1-2H3. The summed E-state index contributed by atoms with van der Waals surface area (Å²) in [6, 6.07) is 1.92. The highest BCUT2D eigenvalue weighted by Gasteiger charge is 2.18. The van der Waals surface area contributed by atoms with E-state index in [1.165, 1.54) is 6.92 Å². The zero-order chi connectivity index (χ0) is 14.2. The van der Waals surface area contributed by atoms with Crippen LogP contribution >= 0.6 is 27.5 Å². The number of aromatic nitrogens is 1. The van der Waals surface area contributed by atoms with Crippen LogP contribution in [0.2, 0.25) is 0 Å². The fourth-order valence-electron chi connectivity index (χ4n) is 1.64. The Morgan fingerprint density at radius 3 is 2.68 bits per heavy atom. The van der Waals surface area contributed by atoms with Crippen molar-refractivity contribution in [3.8, 4) is 0 Å². The number of carbonyl (C=O) groups is 1. The van der Waals surface area contributed by atoms with Crippen molar-refractivity contribution in [3.05, 3.63) is 39.5 Å². The van der Waals surface area contributed by atoms with E-state index in [2.05, 4.69) is 25.6 Å². The minimum Gasteiger partial charge on any atom is -0.342 e. The molecule has 0 aliphatic heterocycles. The SMILES string of the molecule is CC(=O)c1c(C)nsc1Nc1c(F)cc(F)cc1Br. The molecule has 1 N–H and O–H groups in total. The van der Waals surface area contributed by atoms with Gasteiger partial charge in [-0.2, -0.15) is 4.37 Å². The molecule has 0 aliphatic rings. The number of Topliss-reactive ketones (excluding diaryl/α,β-unsaturated/α-hetero) is 1. The van der Waals surface area contributed by atoms with Gasteiger partial charge in [0.1, 0.15) is 10.8 Å². The zero-order valence-corrected chi connectivity index (χ0v) is 12.5. The average molecular weight is 347 g/mol. The van der Waals surface area contributed by atoms with E-state index < -0.39 is 11.6 Å². The van der Waals surface area contributed by atoms with Gasteiger partial charge in [0.25, 0.3) is 0 Å². The Kier molecular flexibility index (Phi) is 3.96. The molecule has 0 unspecified atom stereocenters. The van der Waals surface area contributed by atoms with Crippen molar-refractivity contribution in [1.82, 2.24) is 4.37 Å². The number of anilines is 2. The predicted molar refractivity (Wildman–Crippen MR) is 74.2 cm³/mol. The number of nitrogens with zero attached hydrogens (tertiary/aromatic N) is 1. The lowest BCUT2D eigenvalue weighted by atomic mass is 10.2. The summed E-state index contributed by atoms with van der Waals surface area (Å²) in [5.74, 6) is -1.58. The van der Waals surface area contributed by atoms with E-state index in [-0.39, 0.29) is 15.9 Å². The Morgan fingerprint density at radius 1 is 1.42 bits per heavy atom. The maximum absolute atomic E-state index is 13.7. The van der Waals surface area contributed by atoms with Crippen LogP contribution < -0.4 is 5.32 Å². The highest BCUT2D eigenvalue weighted by Crippen LogP contribution is 2.34. The Bertz CT molecular complexity index is 634. The Labute approximate surface area is 120 Å². The summed E-state index contributed by atoms with van der Waals surface area (Å²) < 4.78 is 31.0. The summed E-state index contributed by atoms with van der Waals surface area (Å²) >= 11 is 4.14. The molecule has 0 spiro atoms. The van der Waals surface area contributed by atoms with Crippen LogP contribution in [0.4, 0.5) is 19.5 Å². The van der Waals surface area contributed by atoms with Crippen LogP contribution in [0.1, 0.15) is 23.0 Å². The first-order chi connectivity index (χ1) is 8.90. The molecule has 1 aromatic carbocycles. The van der Waals surface area contributed by atoms with Gasteiger partial charge in [-0.05, 0) is 47.4 Å². The lowest BCUT2D eigenvalue weighted by Gasteiger charge is -2.09. The molecule has 0 aliphatic carbocycles. The molecule has 0 amide bonds. The van der Waals surface area contributed by atoms with Gasteiger partial charge < -0.3 is 5.32 Å². The second kappa shape index (κ2) is 5.34. The number of ketones is 1. The highest BCUT2D eigenvalue weighted by molar-refractivity contribution is 9.10. The van der Waals surface area contributed by atoms with E-state index in [9.17, 15) is 13.6 Å². The van der Waals surface area contributed by atoms with Crippen LogP contribution in [0.3, 0.4) is 0 Å². The van der Waals surface area contributed by atoms with Crippen LogP contribution in [-0.4, -0.2) is 10.2 Å². The monoisotopic (exact) mass is 346 g/mol. The Morgan fingerprint density at radius 2 is 2.11 bits per heavy atom. The summed E-state index contributed by atoms with van der Waals surface area (Å²) in [6.07, 6.45) is 0. The van der Waals surface area contributed by atoms with Gasteiger partial charge in [0.2, 0.25) is 0 Å². The van der Waals surface area contributed by atoms with E-state index in [0.717, 1.165) is 23.7 Å². The second-order valence-corrected chi connectivity index (χ2v) is 5.53. The van der Waals surface area contributed by atoms with Crippen LogP contribution in [0, 0.1) is 18.6 Å². The summed E-state index contributed by atoms with van der Waals surface area (Å²) in [5, 5.41) is 3.23. The molecular weight excluding hydrogens is 338 g/mol. The summed E-state index contributed by atoms with van der Waals surface area (Å²) in [5.41, 5.74) is 1.08. The van der Waals surface area contributed by atoms with Crippen molar-refractivity contribution >= 4 is 43.9 Å². The molecule has 0 bridgehead atoms. The fourth-order valence-corrected chi connectivity index (χ4v) is 3.00. The Hall–Kier alpha value is -1.34. The van der Waals surface area contributed by atoms with Crippen LogP contribution in [-0.2, 0) is 0 Å². The van der Waals surface area contributed by atoms with Gasteiger partial charge >= 0.3 is 0 Å². The van der Waals surface area contributed by atoms with E-state index >= 15 is 0 Å². The molecule has 0 saturated carbocycles. The molecular formula is C12H9BrF2N2OS. The summed E-state index contributed by atoms with van der Waals surface area (Å²) in [4.78, 5) is 11.5. The van der Waals surface area contributed by atoms with Gasteiger partial charge in [0.15, 0.2) is 11.6 Å². The van der Waals surface area contributed by atoms with Crippen molar-refractivity contribution < 1.29 is 13.6 Å². The normalized spacial score (nSPS) is 10.6. The first kappa shape index (κ1) is 14.1. The zero-order valence-electron chi connectivity index (χ0n) is 10.1. The molecule has 2 aromatic rings. The molecule has 1 aromatic heterocycles. The first-order valence-electron chi connectivity index (χ1n) is 5.29. The third-order valence-corrected chi connectivity index (χ3v) is 3.94. The number of nitrogens with one attached hydrogen (secondary N) is 1. The number of hydrogen-bond donors (Lipinski definition) is 1. The number of benzene rings is 1. The van der Waals surface area contributed by atoms with Crippen molar-refractivity contribution in [1.29, 1.82) is 0 Å². The molecule has 2 rings (SSSR count). The molecule has 0 fully saturated rings. The molecule has 1 heterocycles. The molecule has 100 valence electrons. The van der Waals surface area contributed by atoms with Gasteiger partial charge in [0.05, 0.1) is 16.9 Å². The molecule has 19 heavy (non-hydrogen) atoms. The van der Waals surface area contributed by atoms with Crippen molar-refractivity contribution in [2.45, 2.75) is 13.8 Å². The quantitative estimate of drug-likeness (QED) is 0.835. The van der Waals surface area contributed by atoms with Crippen LogP contribution in [0.5, 0.6) is 0 Å². The van der Waals surface area contributed by atoms with Crippen LogP contribution in [0.15, 0.2) is 16.6 Å². The van der Waals surface area contributed by atoms with Gasteiger partial charge in [-0.15, -0.1) is 0 Å². The molecule has 0 radical (unpaired) electrons. The van der Waals surface area contributed by atoms with Gasteiger partial charge in [-0.3, -0.25) is 4.79 Å². The third-order valence-electron chi connectivity index (χ3n) is 2.46. The lowest BCUT2D eigenvalue weighted by molar-refractivity contribution is 0.101. The smallest absolute Gasteiger partial charge is 0.164 e. The van der Waals surface area contributed by atoms with Gasteiger partial charge in [0, 0.05) is 10.5 Å². The third kappa shape index (κ3) is 2.82. The van der Waals surface area contributed by atoms with E-state index in [1.807, 2.05) is 0 Å². The average Bonchev–Trinajstić information content (AvgIpc) is 2.64. The highest BCUT2D eigenvalue weighted by atomic mass is 79.9. The van der Waals surface area contributed by atoms with Crippen molar-refractivity contribution in [3.63, 3.8) is 0 Å². The summed E-state index contributed by atoms with van der Waals surface area (Å²) in [7, 11) is 0. The molecule has 0 saturated heterocycles. The minimum absolute atomic E-state index is 0.0764. The minimum atomic E-state index is -0.743. The number of hydrogen-bond acceptors (Lipinski definition) is 4. The predicted octanol–water partition coefficient (Wildman–Crippen LogP) is 4.44. The molecule has 7 heteroatoms. The van der Waals surface area contributed by atoms with E-state index in [4.69, 9.17) is 0 Å². The fraction of sp³-hybridized carbons (Fsp3) is 0.167. The maximum atomic E-state index is 13.7. The molecule has 3 nitrogen and oxygen atoms in total. The number of rotatable bonds is 3. The summed E-state index contributed by atoms with van der Waals surface area (Å²) in [6.45, 7) is 3.12. The maximum Gasteiger partial charge on any atom is 0.164 e. The first-order valence-corrected chi connectivity index (χ1v) is 6.85. The van der Waals surface area contributed by atoms with Crippen LogP contribution in [0.25, 0.3) is 0 Å².